The van der Waals surface area contributed by atoms with Crippen LogP contribution in [0.15, 0.2) is 72.8 Å². The van der Waals surface area contributed by atoms with Crippen LogP contribution in [0.25, 0.3) is 54.8 Å². The molecular formula is C22H13N. The Hall–Kier alpha value is -3.06. The van der Waals surface area contributed by atoms with Gasteiger partial charge in [-0.15, -0.1) is 0 Å². The minimum atomic E-state index is 1.21. The quantitative estimate of drug-likeness (QED) is 0.347. The van der Waals surface area contributed by atoms with E-state index in [0.717, 1.165) is 0 Å². The summed E-state index contributed by atoms with van der Waals surface area (Å²) in [5.74, 6) is 0. The molecule has 4 aromatic carbocycles. The maximum Gasteiger partial charge on any atom is 0.0551 e. The van der Waals surface area contributed by atoms with E-state index in [4.69, 9.17) is 0 Å². The molecule has 1 N–H and O–H groups in total. The maximum absolute atomic E-state index is 3.66. The first-order chi connectivity index (χ1) is 11.4. The van der Waals surface area contributed by atoms with Crippen LogP contribution in [-0.4, -0.2) is 4.98 Å². The lowest BCUT2D eigenvalue weighted by atomic mass is 10.0. The van der Waals surface area contributed by atoms with Crippen molar-refractivity contribution in [2.75, 3.05) is 0 Å². The van der Waals surface area contributed by atoms with Crippen LogP contribution in [0.5, 0.6) is 0 Å². The second-order valence-electron chi connectivity index (χ2n) is 6.29. The molecule has 23 heavy (non-hydrogen) atoms. The highest BCUT2D eigenvalue weighted by Gasteiger charge is 2.24. The molecule has 0 unspecified atom stereocenters. The summed E-state index contributed by atoms with van der Waals surface area (Å²) in [5.41, 5.74) is 7.87. The van der Waals surface area contributed by atoms with Crippen LogP contribution in [0.3, 0.4) is 0 Å². The van der Waals surface area contributed by atoms with Gasteiger partial charge < -0.3 is 4.98 Å². The van der Waals surface area contributed by atoms with Gasteiger partial charge in [0.1, 0.15) is 0 Å². The molecule has 1 heterocycles. The lowest BCUT2D eigenvalue weighted by Crippen LogP contribution is -1.79. The second-order valence-corrected chi connectivity index (χ2v) is 6.29. The van der Waals surface area contributed by atoms with Crippen molar-refractivity contribution >= 4 is 32.6 Å². The standard InChI is InChI=1S/C22H13N/c1-2-10-19-14(7-1)17-12-11-16-15-8-3-5-13-6-4-9-18(20(13)15)21(16)22(17)23-19/h1-12,23H. The van der Waals surface area contributed by atoms with Crippen LogP contribution in [0, 0.1) is 0 Å². The average molecular weight is 291 g/mol. The van der Waals surface area contributed by atoms with E-state index >= 15 is 0 Å². The Kier molecular flexibility index (Phi) is 1.91. The van der Waals surface area contributed by atoms with E-state index in [1.54, 1.807) is 0 Å². The van der Waals surface area contributed by atoms with E-state index in [1.807, 2.05) is 0 Å². The summed E-state index contributed by atoms with van der Waals surface area (Å²) in [6.45, 7) is 0. The van der Waals surface area contributed by atoms with Crippen LogP contribution in [0.4, 0.5) is 0 Å². The molecule has 0 saturated carbocycles. The molecule has 5 aromatic rings. The van der Waals surface area contributed by atoms with Gasteiger partial charge in [0.2, 0.25) is 0 Å². The first-order valence-corrected chi connectivity index (χ1v) is 7.98. The van der Waals surface area contributed by atoms with Crippen molar-refractivity contribution in [1.82, 2.24) is 4.98 Å². The highest BCUT2D eigenvalue weighted by molar-refractivity contribution is 6.23. The minimum Gasteiger partial charge on any atom is -0.354 e. The van der Waals surface area contributed by atoms with Gasteiger partial charge in [-0.3, -0.25) is 0 Å². The molecule has 1 heteroatoms. The zero-order valence-electron chi connectivity index (χ0n) is 12.4. The van der Waals surface area contributed by atoms with Crippen molar-refractivity contribution in [2.24, 2.45) is 0 Å². The smallest absolute Gasteiger partial charge is 0.0551 e. The third kappa shape index (κ3) is 1.29. The van der Waals surface area contributed by atoms with Crippen LogP contribution in [0.2, 0.25) is 0 Å². The van der Waals surface area contributed by atoms with Crippen LogP contribution >= 0.6 is 0 Å². The van der Waals surface area contributed by atoms with Gasteiger partial charge >= 0.3 is 0 Å². The minimum absolute atomic E-state index is 1.21. The summed E-state index contributed by atoms with van der Waals surface area (Å²) >= 11 is 0. The van der Waals surface area contributed by atoms with Crippen molar-refractivity contribution < 1.29 is 0 Å². The number of hydrogen-bond donors (Lipinski definition) is 1. The summed E-state index contributed by atoms with van der Waals surface area (Å²) in [5, 5.41) is 5.31. The summed E-state index contributed by atoms with van der Waals surface area (Å²) in [4.78, 5) is 3.66. The molecule has 0 amide bonds. The fourth-order valence-corrected chi connectivity index (χ4v) is 4.20. The average Bonchev–Trinajstić information content (AvgIpc) is 3.13. The SMILES string of the molecule is c1cc2c3c(cccc3c1)-c1c-2ccc2c1[nH]c1ccccc12. The van der Waals surface area contributed by atoms with Crippen molar-refractivity contribution in [3.63, 3.8) is 0 Å². The Labute approximate surface area is 133 Å². The van der Waals surface area contributed by atoms with Crippen molar-refractivity contribution in [1.29, 1.82) is 0 Å². The highest BCUT2D eigenvalue weighted by Crippen LogP contribution is 2.50. The van der Waals surface area contributed by atoms with Gasteiger partial charge in [-0.05, 0) is 33.5 Å². The first kappa shape index (κ1) is 11.5. The number of aromatic amines is 1. The highest BCUT2D eigenvalue weighted by atomic mass is 14.7. The van der Waals surface area contributed by atoms with Gasteiger partial charge in [0, 0.05) is 21.9 Å². The van der Waals surface area contributed by atoms with Gasteiger partial charge in [0.05, 0.1) is 5.52 Å². The topological polar surface area (TPSA) is 15.8 Å². The van der Waals surface area contributed by atoms with E-state index in [0.29, 0.717) is 0 Å². The van der Waals surface area contributed by atoms with Crippen LogP contribution in [0.1, 0.15) is 0 Å². The third-order valence-electron chi connectivity index (χ3n) is 5.15. The Morgan fingerprint density at radius 2 is 1.39 bits per heavy atom. The molecule has 1 aromatic heterocycles. The van der Waals surface area contributed by atoms with Gasteiger partial charge in [-0.2, -0.15) is 0 Å². The lowest BCUT2D eigenvalue weighted by molar-refractivity contribution is 1.55. The maximum atomic E-state index is 3.66. The fraction of sp³-hybridized carbons (Fsp3) is 0. The molecule has 0 aliphatic heterocycles. The zero-order valence-corrected chi connectivity index (χ0v) is 12.4. The molecule has 0 atom stereocenters. The Morgan fingerprint density at radius 3 is 2.30 bits per heavy atom. The molecule has 6 rings (SSSR count). The molecule has 0 radical (unpaired) electrons. The summed E-state index contributed by atoms with van der Waals surface area (Å²) in [7, 11) is 0. The number of hydrogen-bond acceptors (Lipinski definition) is 0. The van der Waals surface area contributed by atoms with E-state index in [9.17, 15) is 0 Å². The van der Waals surface area contributed by atoms with Crippen molar-refractivity contribution in [3.05, 3.63) is 72.8 Å². The third-order valence-corrected chi connectivity index (χ3v) is 5.15. The molecular weight excluding hydrogens is 278 g/mol. The Morgan fingerprint density at radius 1 is 0.565 bits per heavy atom. The zero-order chi connectivity index (χ0) is 15.0. The van der Waals surface area contributed by atoms with E-state index < -0.39 is 0 Å². The van der Waals surface area contributed by atoms with Crippen LogP contribution < -0.4 is 0 Å². The second kappa shape index (κ2) is 3.82. The van der Waals surface area contributed by atoms with Crippen LogP contribution in [-0.2, 0) is 0 Å². The molecule has 0 saturated heterocycles. The molecule has 106 valence electrons. The lowest BCUT2D eigenvalue weighted by Gasteiger charge is -2.03. The molecule has 0 fully saturated rings. The monoisotopic (exact) mass is 291 g/mol. The number of aromatic nitrogens is 1. The van der Waals surface area contributed by atoms with E-state index in [-0.39, 0.29) is 0 Å². The number of rotatable bonds is 0. The van der Waals surface area contributed by atoms with Gasteiger partial charge in [-0.1, -0.05) is 66.7 Å². The molecule has 1 aliphatic rings. The number of H-pyrrole nitrogens is 1. The fourth-order valence-electron chi connectivity index (χ4n) is 4.20. The number of para-hydroxylation sites is 1. The van der Waals surface area contributed by atoms with Gasteiger partial charge in [0.15, 0.2) is 0 Å². The number of nitrogens with one attached hydrogen (secondary N) is 1. The van der Waals surface area contributed by atoms with E-state index in [1.165, 1.54) is 54.8 Å². The largest absolute Gasteiger partial charge is 0.354 e. The predicted octanol–water partition coefficient (Wildman–Crippen LogP) is 6.12. The Balaban J connectivity index is 1.89. The summed E-state index contributed by atoms with van der Waals surface area (Å²) < 4.78 is 0. The summed E-state index contributed by atoms with van der Waals surface area (Å²) in [6, 6.07) is 26.3. The van der Waals surface area contributed by atoms with Crippen molar-refractivity contribution in [3.8, 4) is 22.3 Å². The predicted molar refractivity (Wildman–Crippen MR) is 97.7 cm³/mol. The normalized spacial score (nSPS) is 12.3. The molecule has 1 nitrogen and oxygen atoms in total. The van der Waals surface area contributed by atoms with E-state index in [2.05, 4.69) is 77.8 Å². The number of benzene rings is 4. The number of fused-ring (bicyclic) bond motifs is 7. The molecule has 1 aliphatic carbocycles. The molecule has 0 bridgehead atoms. The summed E-state index contributed by atoms with van der Waals surface area (Å²) in [6.07, 6.45) is 0. The Bertz CT molecular complexity index is 1250. The van der Waals surface area contributed by atoms with Gasteiger partial charge in [0.25, 0.3) is 0 Å². The first-order valence-electron chi connectivity index (χ1n) is 7.98. The van der Waals surface area contributed by atoms with Gasteiger partial charge in [-0.25, -0.2) is 0 Å². The molecule has 0 spiro atoms. The van der Waals surface area contributed by atoms with Crippen molar-refractivity contribution in [2.45, 2.75) is 0 Å².